The van der Waals surface area contributed by atoms with Gasteiger partial charge in [-0.2, -0.15) is 0 Å². The minimum atomic E-state index is -0.431. The number of rotatable bonds is 5. The quantitative estimate of drug-likeness (QED) is 0.670. The number of likely N-dealkylation sites (tertiary alicyclic amines) is 1. The van der Waals surface area contributed by atoms with E-state index in [9.17, 15) is 10.1 Å². The lowest BCUT2D eigenvalue weighted by atomic mass is 9.93. The molecule has 2 N–H and O–H groups in total. The summed E-state index contributed by atoms with van der Waals surface area (Å²) in [5, 5.41) is 11.1. The van der Waals surface area contributed by atoms with Crippen molar-refractivity contribution < 1.29 is 4.92 Å². The molecule has 0 aromatic heterocycles. The van der Waals surface area contributed by atoms with Gasteiger partial charge in [0, 0.05) is 12.6 Å². The van der Waals surface area contributed by atoms with Gasteiger partial charge in [0.15, 0.2) is 0 Å². The zero-order chi connectivity index (χ0) is 14.5. The number of nitrogens with zero attached hydrogens (tertiary/aromatic N) is 2. The zero-order valence-corrected chi connectivity index (χ0v) is 12.2. The Morgan fingerprint density at radius 2 is 2.10 bits per heavy atom. The van der Waals surface area contributed by atoms with Crippen LogP contribution in [-0.2, 0) is 6.54 Å². The first-order valence-electron chi connectivity index (χ1n) is 6.95. The van der Waals surface area contributed by atoms with Gasteiger partial charge in [-0.25, -0.2) is 0 Å². The van der Waals surface area contributed by atoms with E-state index in [0.29, 0.717) is 0 Å². The summed E-state index contributed by atoms with van der Waals surface area (Å²) in [5.74, 6) is 0.732. The van der Waals surface area contributed by atoms with Crippen LogP contribution in [0.15, 0.2) is 18.2 Å². The maximum atomic E-state index is 10.9. The maximum absolute atomic E-state index is 10.9. The summed E-state index contributed by atoms with van der Waals surface area (Å²) in [6, 6.07) is 5.05. The van der Waals surface area contributed by atoms with Crippen molar-refractivity contribution in [1.29, 1.82) is 0 Å². The molecule has 0 bridgehead atoms. The van der Waals surface area contributed by atoms with E-state index in [4.69, 9.17) is 17.3 Å². The van der Waals surface area contributed by atoms with Gasteiger partial charge in [0.25, 0.3) is 5.69 Å². The second-order valence-corrected chi connectivity index (χ2v) is 5.75. The normalized spacial score (nSPS) is 17.3. The molecule has 0 unspecified atom stereocenters. The Labute approximate surface area is 123 Å². The summed E-state index contributed by atoms with van der Waals surface area (Å²) in [5.41, 5.74) is 6.52. The lowest BCUT2D eigenvalue weighted by Crippen LogP contribution is -2.33. The first-order valence-corrected chi connectivity index (χ1v) is 7.33. The molecule has 0 saturated carbocycles. The highest BCUT2D eigenvalue weighted by Gasteiger charge is 2.20. The predicted octanol–water partition coefficient (Wildman–Crippen LogP) is 2.81. The topological polar surface area (TPSA) is 72.4 Å². The van der Waals surface area contributed by atoms with Gasteiger partial charge in [0.2, 0.25) is 0 Å². The Kier molecular flexibility index (Phi) is 5.34. The Balaban J connectivity index is 1.94. The molecule has 0 amide bonds. The highest BCUT2D eigenvalue weighted by molar-refractivity contribution is 6.32. The Bertz CT molecular complexity index is 473. The lowest BCUT2D eigenvalue weighted by molar-refractivity contribution is -0.384. The summed E-state index contributed by atoms with van der Waals surface area (Å²) in [7, 11) is 0. The van der Waals surface area contributed by atoms with Crippen LogP contribution in [0.3, 0.4) is 0 Å². The van der Waals surface area contributed by atoms with Crippen molar-refractivity contribution in [2.75, 3.05) is 19.6 Å². The monoisotopic (exact) mass is 297 g/mol. The molecule has 1 aliphatic heterocycles. The third kappa shape index (κ3) is 3.91. The van der Waals surface area contributed by atoms with Crippen LogP contribution in [0, 0.1) is 16.0 Å². The minimum Gasteiger partial charge on any atom is -0.330 e. The molecule has 1 fully saturated rings. The molecule has 110 valence electrons. The number of piperidine rings is 1. The predicted molar refractivity (Wildman–Crippen MR) is 79.8 cm³/mol. The third-order valence-corrected chi connectivity index (χ3v) is 4.22. The van der Waals surface area contributed by atoms with Gasteiger partial charge in [-0.3, -0.25) is 15.0 Å². The van der Waals surface area contributed by atoms with Crippen LogP contribution < -0.4 is 5.73 Å². The Hall–Kier alpha value is -1.17. The van der Waals surface area contributed by atoms with Crippen LogP contribution in [0.4, 0.5) is 5.69 Å². The molecule has 1 aromatic carbocycles. The number of halogens is 1. The van der Waals surface area contributed by atoms with Crippen LogP contribution in [0.25, 0.3) is 0 Å². The maximum Gasteiger partial charge on any atom is 0.288 e. The number of nitro groups is 1. The number of hydrogen-bond donors (Lipinski definition) is 1. The molecule has 0 radical (unpaired) electrons. The summed E-state index contributed by atoms with van der Waals surface area (Å²) in [6.07, 6.45) is 3.42. The van der Waals surface area contributed by atoms with E-state index < -0.39 is 4.92 Å². The van der Waals surface area contributed by atoms with Crippen molar-refractivity contribution in [2.24, 2.45) is 11.7 Å². The first kappa shape index (κ1) is 15.2. The van der Waals surface area contributed by atoms with Gasteiger partial charge < -0.3 is 5.73 Å². The van der Waals surface area contributed by atoms with Crippen molar-refractivity contribution in [3.63, 3.8) is 0 Å². The average Bonchev–Trinajstić information content (AvgIpc) is 2.43. The van der Waals surface area contributed by atoms with Crippen LogP contribution >= 0.6 is 11.6 Å². The van der Waals surface area contributed by atoms with E-state index in [1.807, 2.05) is 6.07 Å². The van der Waals surface area contributed by atoms with E-state index >= 15 is 0 Å². The highest BCUT2D eigenvalue weighted by Crippen LogP contribution is 2.27. The summed E-state index contributed by atoms with van der Waals surface area (Å²) >= 11 is 5.82. The molecular formula is C14H20ClN3O2. The fraction of sp³-hybridized carbons (Fsp3) is 0.571. The summed E-state index contributed by atoms with van der Waals surface area (Å²) in [4.78, 5) is 12.8. The van der Waals surface area contributed by atoms with E-state index in [1.54, 1.807) is 12.1 Å². The SMILES string of the molecule is NCCC1CCN(Cc2ccc(Cl)c([N+](=O)[O-])c2)CC1. The highest BCUT2D eigenvalue weighted by atomic mass is 35.5. The Morgan fingerprint density at radius 1 is 1.40 bits per heavy atom. The van der Waals surface area contributed by atoms with Crippen molar-refractivity contribution in [1.82, 2.24) is 4.90 Å². The summed E-state index contributed by atoms with van der Waals surface area (Å²) < 4.78 is 0. The van der Waals surface area contributed by atoms with Gasteiger partial charge in [0.1, 0.15) is 5.02 Å². The fourth-order valence-electron chi connectivity index (χ4n) is 2.72. The Morgan fingerprint density at radius 3 is 2.70 bits per heavy atom. The third-order valence-electron chi connectivity index (χ3n) is 3.90. The molecule has 2 rings (SSSR count). The fourth-order valence-corrected chi connectivity index (χ4v) is 2.91. The number of benzene rings is 1. The van der Waals surface area contributed by atoms with Crippen molar-refractivity contribution in [3.05, 3.63) is 38.9 Å². The zero-order valence-electron chi connectivity index (χ0n) is 11.4. The van der Waals surface area contributed by atoms with Crippen molar-refractivity contribution >= 4 is 17.3 Å². The van der Waals surface area contributed by atoms with Gasteiger partial charge in [-0.1, -0.05) is 17.7 Å². The number of hydrogen-bond acceptors (Lipinski definition) is 4. The molecule has 6 heteroatoms. The standard InChI is InChI=1S/C14H20ClN3O2/c15-13-2-1-12(9-14(13)18(19)20)10-17-7-4-11(3-6-16)5-8-17/h1-2,9,11H,3-8,10,16H2. The molecule has 0 aliphatic carbocycles. The second-order valence-electron chi connectivity index (χ2n) is 5.34. The molecule has 5 nitrogen and oxygen atoms in total. The van der Waals surface area contributed by atoms with E-state index in [1.165, 1.54) is 0 Å². The molecular weight excluding hydrogens is 278 g/mol. The average molecular weight is 298 g/mol. The first-order chi connectivity index (χ1) is 9.60. The van der Waals surface area contributed by atoms with Crippen molar-refractivity contribution in [3.8, 4) is 0 Å². The summed E-state index contributed by atoms with van der Waals surface area (Å²) in [6.45, 7) is 3.56. The number of nitrogens with two attached hydrogens (primary N) is 1. The van der Waals surface area contributed by atoms with Crippen LogP contribution in [0.2, 0.25) is 5.02 Å². The van der Waals surface area contributed by atoms with Crippen LogP contribution in [0.1, 0.15) is 24.8 Å². The van der Waals surface area contributed by atoms with E-state index in [-0.39, 0.29) is 10.7 Å². The van der Waals surface area contributed by atoms with Gasteiger partial charge in [-0.15, -0.1) is 0 Å². The lowest BCUT2D eigenvalue weighted by Gasteiger charge is -2.31. The molecule has 1 aliphatic rings. The minimum absolute atomic E-state index is 0.0119. The van der Waals surface area contributed by atoms with E-state index in [0.717, 1.165) is 56.9 Å². The molecule has 1 aromatic rings. The van der Waals surface area contributed by atoms with Crippen molar-refractivity contribution in [2.45, 2.75) is 25.8 Å². The van der Waals surface area contributed by atoms with E-state index in [2.05, 4.69) is 4.90 Å². The molecule has 0 atom stereocenters. The smallest absolute Gasteiger partial charge is 0.288 e. The van der Waals surface area contributed by atoms with Crippen LogP contribution in [0.5, 0.6) is 0 Å². The largest absolute Gasteiger partial charge is 0.330 e. The van der Waals surface area contributed by atoms with Gasteiger partial charge in [0.05, 0.1) is 4.92 Å². The van der Waals surface area contributed by atoms with Gasteiger partial charge in [-0.05, 0) is 56.4 Å². The van der Waals surface area contributed by atoms with Gasteiger partial charge >= 0.3 is 0 Å². The molecule has 0 spiro atoms. The molecule has 1 heterocycles. The number of nitro benzene ring substituents is 1. The molecule has 20 heavy (non-hydrogen) atoms. The second kappa shape index (κ2) is 7.02. The van der Waals surface area contributed by atoms with Crippen LogP contribution in [-0.4, -0.2) is 29.5 Å². The molecule has 1 saturated heterocycles.